The lowest BCUT2D eigenvalue weighted by Crippen LogP contribution is -2.41. The minimum Gasteiger partial charge on any atom is -0.534 e. The lowest BCUT2D eigenvalue weighted by molar-refractivity contribution is 0.00578. The van der Waals surface area contributed by atoms with E-state index in [-0.39, 0.29) is 6.61 Å². The van der Waals surface area contributed by atoms with E-state index < -0.39 is 31.0 Å². The van der Waals surface area contributed by atoms with E-state index in [9.17, 15) is 0 Å². The molecule has 0 radical (unpaired) electrons. The third-order valence-electron chi connectivity index (χ3n) is 7.26. The van der Waals surface area contributed by atoms with Gasteiger partial charge in [-0.3, -0.25) is 4.98 Å². The van der Waals surface area contributed by atoms with Gasteiger partial charge in [0.25, 0.3) is 0 Å². The van der Waals surface area contributed by atoms with Crippen LogP contribution in [0, 0.1) is 0 Å². The predicted molar refractivity (Wildman–Crippen MR) is 152 cm³/mol. The molecule has 0 unspecified atom stereocenters. The Bertz CT molecular complexity index is 1220. The zero-order valence-electron chi connectivity index (χ0n) is 22.5. The highest BCUT2D eigenvalue weighted by Gasteiger charge is 2.54. The van der Waals surface area contributed by atoms with Crippen molar-refractivity contribution in [2.45, 2.75) is 78.3 Å². The number of benzene rings is 1. The Balaban J connectivity index is 1.84. The minimum absolute atomic E-state index is 0.241. The quantitative estimate of drug-likeness (QED) is 0.318. The Labute approximate surface area is 234 Å². The molecule has 2 aliphatic heterocycles. The van der Waals surface area contributed by atoms with Crippen LogP contribution in [0.15, 0.2) is 58.8 Å². The molecule has 0 bridgehead atoms. The van der Waals surface area contributed by atoms with E-state index in [0.29, 0.717) is 23.0 Å². The number of ether oxygens (including phenoxy) is 1. The molecule has 2 aromatic rings. The summed E-state index contributed by atoms with van der Waals surface area (Å²) >= 11 is 9.98. The fraction of sp³-hybridized carbons (Fsp3) is 0.444. The van der Waals surface area contributed by atoms with Crippen molar-refractivity contribution < 1.29 is 23.4 Å². The molecule has 0 aliphatic carbocycles. The molecule has 2 fully saturated rings. The third-order valence-corrected chi connectivity index (χ3v) is 8.21. The molecule has 2 saturated heterocycles. The van der Waals surface area contributed by atoms with Crippen molar-refractivity contribution in [1.82, 2.24) is 4.98 Å². The largest absolute Gasteiger partial charge is 0.563 e. The van der Waals surface area contributed by atoms with Crippen molar-refractivity contribution >= 4 is 47.2 Å². The Morgan fingerprint density at radius 1 is 1.05 bits per heavy atom. The van der Waals surface area contributed by atoms with Gasteiger partial charge in [0.05, 0.1) is 22.7 Å². The number of aromatic nitrogens is 1. The molecule has 3 heterocycles. The number of pyridine rings is 1. The molecule has 0 atom stereocenters. The minimum atomic E-state index is -0.735. The Morgan fingerprint density at radius 2 is 1.73 bits per heavy atom. The molecule has 0 spiro atoms. The molecule has 6 nitrogen and oxygen atoms in total. The molecule has 10 heteroatoms. The molecule has 0 saturated carbocycles. The first kappa shape index (κ1) is 28.2. The fourth-order valence-electron chi connectivity index (χ4n) is 4.18. The monoisotopic (exact) mass is 587 g/mol. The van der Waals surface area contributed by atoms with Gasteiger partial charge in [-0.1, -0.05) is 31.2 Å². The lowest BCUT2D eigenvalue weighted by atomic mass is 9.61. The lowest BCUT2D eigenvalue weighted by Gasteiger charge is -2.32. The van der Waals surface area contributed by atoms with Gasteiger partial charge in [0.1, 0.15) is 18.0 Å². The Kier molecular flexibility index (Phi) is 7.95. The highest BCUT2D eigenvalue weighted by molar-refractivity contribution is 9.10. The standard InChI is InChI=1S/C27H33B2BrClNO5/c1-9-20(28-36-26(5,6)27(7,8)37-28)24(29-34-17(2)25(3,4)35-29)19-13-12-18(31)15-23(19)33-16-22-21(30)11-10-14-32-22/h10-15H,2,9,16H2,1,3-8H3/b24-20-. The predicted octanol–water partition coefficient (Wildman–Crippen LogP) is 7.24. The number of hydrogen-bond donors (Lipinski definition) is 0. The van der Waals surface area contributed by atoms with Crippen molar-refractivity contribution in [3.05, 3.63) is 75.1 Å². The topological polar surface area (TPSA) is 59.0 Å². The second kappa shape index (κ2) is 10.4. The zero-order valence-corrected chi connectivity index (χ0v) is 24.8. The van der Waals surface area contributed by atoms with Crippen molar-refractivity contribution in [3.63, 3.8) is 0 Å². The summed E-state index contributed by atoms with van der Waals surface area (Å²) in [5.74, 6) is 1.12. The number of allylic oxidation sites excluding steroid dienone is 1. The van der Waals surface area contributed by atoms with Crippen LogP contribution in [0.4, 0.5) is 0 Å². The van der Waals surface area contributed by atoms with Gasteiger partial charge in [-0.2, -0.15) is 0 Å². The number of halogens is 2. The second-order valence-corrected chi connectivity index (χ2v) is 12.0. The van der Waals surface area contributed by atoms with E-state index >= 15 is 0 Å². The fourth-order valence-corrected chi connectivity index (χ4v) is 4.71. The van der Waals surface area contributed by atoms with Gasteiger partial charge in [-0.05, 0) is 93.6 Å². The molecule has 1 aromatic carbocycles. The van der Waals surface area contributed by atoms with Crippen molar-refractivity contribution in [1.29, 1.82) is 0 Å². The summed E-state index contributed by atoms with van der Waals surface area (Å²) in [7, 11) is -1.33. The summed E-state index contributed by atoms with van der Waals surface area (Å²) in [5.41, 5.74) is 1.54. The highest BCUT2D eigenvalue weighted by Crippen LogP contribution is 2.45. The van der Waals surface area contributed by atoms with Crippen LogP contribution in [0.2, 0.25) is 5.02 Å². The van der Waals surface area contributed by atoms with Crippen molar-refractivity contribution in [2.24, 2.45) is 0 Å². The average Bonchev–Trinajstić information content (AvgIpc) is 3.20. The van der Waals surface area contributed by atoms with Crippen molar-refractivity contribution in [2.75, 3.05) is 0 Å². The van der Waals surface area contributed by atoms with Crippen LogP contribution in [0.5, 0.6) is 5.75 Å². The van der Waals surface area contributed by atoms with E-state index in [1.54, 1.807) is 12.3 Å². The van der Waals surface area contributed by atoms with Crippen LogP contribution < -0.4 is 4.74 Å². The van der Waals surface area contributed by atoms with Crippen LogP contribution in [0.25, 0.3) is 5.47 Å². The summed E-state index contributed by atoms with van der Waals surface area (Å²) in [6, 6.07) is 9.33. The van der Waals surface area contributed by atoms with Gasteiger partial charge in [-0.25, -0.2) is 0 Å². The van der Waals surface area contributed by atoms with E-state index in [4.69, 9.17) is 35.0 Å². The van der Waals surface area contributed by atoms with Crippen LogP contribution in [-0.2, 0) is 25.2 Å². The third kappa shape index (κ3) is 5.66. The van der Waals surface area contributed by atoms with Crippen molar-refractivity contribution in [3.8, 4) is 5.75 Å². The van der Waals surface area contributed by atoms with Crippen LogP contribution in [0.3, 0.4) is 0 Å². The molecular weight excluding hydrogens is 555 g/mol. The maximum atomic E-state index is 6.47. The van der Waals surface area contributed by atoms with E-state index in [0.717, 1.165) is 26.7 Å². The van der Waals surface area contributed by atoms with Gasteiger partial charge < -0.3 is 23.4 Å². The molecule has 196 valence electrons. The first-order chi connectivity index (χ1) is 17.3. The second-order valence-electron chi connectivity index (χ2n) is 10.7. The first-order valence-electron chi connectivity index (χ1n) is 12.4. The summed E-state index contributed by atoms with van der Waals surface area (Å²) in [6.07, 6.45) is 2.37. The summed E-state index contributed by atoms with van der Waals surface area (Å²) in [6.45, 7) is 18.4. The first-order valence-corrected chi connectivity index (χ1v) is 13.6. The van der Waals surface area contributed by atoms with E-state index in [2.05, 4.69) is 34.4 Å². The van der Waals surface area contributed by atoms with Crippen LogP contribution in [0.1, 0.15) is 66.1 Å². The molecular formula is C27H33B2BrClNO5. The number of rotatable bonds is 7. The molecule has 1 aromatic heterocycles. The molecule has 37 heavy (non-hydrogen) atoms. The molecule has 0 N–H and O–H groups in total. The van der Waals surface area contributed by atoms with Gasteiger partial charge in [0, 0.05) is 26.7 Å². The summed E-state index contributed by atoms with van der Waals surface area (Å²) in [5, 5.41) is 0.546. The van der Waals surface area contributed by atoms with Crippen LogP contribution >= 0.6 is 27.5 Å². The summed E-state index contributed by atoms with van der Waals surface area (Å²) < 4.78 is 32.7. The maximum Gasteiger partial charge on any atom is 0.563 e. The molecule has 0 amide bonds. The Hall–Kier alpha value is -1.77. The molecule has 4 rings (SSSR count). The Morgan fingerprint density at radius 3 is 2.30 bits per heavy atom. The van der Waals surface area contributed by atoms with Gasteiger partial charge >= 0.3 is 14.2 Å². The average molecular weight is 589 g/mol. The summed E-state index contributed by atoms with van der Waals surface area (Å²) in [4.78, 5) is 4.43. The number of nitrogens with zero attached hydrogens (tertiary/aromatic N) is 1. The smallest absolute Gasteiger partial charge is 0.534 e. The van der Waals surface area contributed by atoms with Gasteiger partial charge in [-0.15, -0.1) is 0 Å². The van der Waals surface area contributed by atoms with E-state index in [1.165, 1.54) is 0 Å². The normalized spacial score (nSPS) is 20.6. The van der Waals surface area contributed by atoms with Crippen LogP contribution in [-0.4, -0.2) is 36.0 Å². The SMILES string of the molecule is C=C1OB(/C(=C(/CC)B2OC(C)(C)C(C)(C)O2)c2ccc(Cl)cc2OCc2ncccc2Br)OC1(C)C. The molecule has 2 aliphatic rings. The highest BCUT2D eigenvalue weighted by atomic mass is 79.9. The van der Waals surface area contributed by atoms with Gasteiger partial charge in [0.2, 0.25) is 0 Å². The zero-order chi connectivity index (χ0) is 27.2. The van der Waals surface area contributed by atoms with E-state index in [1.807, 2.05) is 65.8 Å². The maximum absolute atomic E-state index is 6.47. The number of hydrogen-bond acceptors (Lipinski definition) is 6. The van der Waals surface area contributed by atoms with Gasteiger partial charge in [0.15, 0.2) is 0 Å².